The molecule has 0 atom stereocenters. The molecule has 2 aromatic carbocycles. The first-order chi connectivity index (χ1) is 11.8. The fourth-order valence-corrected chi connectivity index (χ4v) is 2.48. The van der Waals surface area contributed by atoms with E-state index in [0.29, 0.717) is 10.7 Å². The van der Waals surface area contributed by atoms with Crippen molar-refractivity contribution < 1.29 is 19.2 Å². The van der Waals surface area contributed by atoms with Crippen LogP contribution in [-0.2, 0) is 9.53 Å². The minimum Gasteiger partial charge on any atom is -0.452 e. The molecule has 1 N–H and O–H groups in total. The summed E-state index contributed by atoms with van der Waals surface area (Å²) in [5, 5.41) is 13.6. The van der Waals surface area contributed by atoms with Gasteiger partial charge in [0.25, 0.3) is 11.6 Å². The van der Waals surface area contributed by atoms with Crippen LogP contribution in [0.5, 0.6) is 0 Å². The van der Waals surface area contributed by atoms with Crippen LogP contribution in [-0.4, -0.2) is 23.4 Å². The molecule has 0 bridgehead atoms. The van der Waals surface area contributed by atoms with Gasteiger partial charge in [-0.05, 0) is 24.3 Å². The Morgan fingerprint density at radius 3 is 2.40 bits per heavy atom. The second kappa shape index (κ2) is 8.15. The molecule has 0 saturated heterocycles. The van der Waals surface area contributed by atoms with Crippen molar-refractivity contribution in [1.29, 1.82) is 0 Å². The topological polar surface area (TPSA) is 98.5 Å². The molecule has 0 radical (unpaired) electrons. The summed E-state index contributed by atoms with van der Waals surface area (Å²) in [6.07, 6.45) is 0. The Morgan fingerprint density at radius 2 is 1.80 bits per heavy atom. The van der Waals surface area contributed by atoms with Gasteiger partial charge in [0, 0.05) is 17.2 Å². The maximum absolute atomic E-state index is 11.9. The molecule has 7 nitrogen and oxygen atoms in total. The van der Waals surface area contributed by atoms with E-state index < -0.39 is 23.4 Å². The van der Waals surface area contributed by atoms with Crippen molar-refractivity contribution in [2.45, 2.75) is 0 Å². The number of nitro groups is 1. The number of ether oxygens (including phenoxy) is 1. The molecule has 2 aromatic rings. The van der Waals surface area contributed by atoms with Crippen LogP contribution in [0.25, 0.3) is 0 Å². The highest BCUT2D eigenvalue weighted by Gasteiger charge is 2.17. The number of anilines is 1. The van der Waals surface area contributed by atoms with Gasteiger partial charge in [0.1, 0.15) is 0 Å². The van der Waals surface area contributed by atoms with Gasteiger partial charge >= 0.3 is 5.97 Å². The van der Waals surface area contributed by atoms with Gasteiger partial charge in [-0.2, -0.15) is 0 Å². The summed E-state index contributed by atoms with van der Waals surface area (Å²) in [6.45, 7) is -0.592. The van der Waals surface area contributed by atoms with Crippen molar-refractivity contribution in [1.82, 2.24) is 0 Å². The normalized spacial score (nSPS) is 10.2. The molecule has 0 spiro atoms. The van der Waals surface area contributed by atoms with Gasteiger partial charge < -0.3 is 10.1 Å². The quantitative estimate of drug-likeness (QED) is 0.454. The van der Waals surface area contributed by atoms with Crippen LogP contribution in [0.4, 0.5) is 11.4 Å². The molecular weight excluding hydrogens is 395 g/mol. The Bertz CT molecular complexity index is 857. The number of non-ortho nitro benzene ring substituents is 1. The van der Waals surface area contributed by atoms with Crippen LogP contribution >= 0.6 is 34.8 Å². The first-order valence-electron chi connectivity index (χ1n) is 6.64. The summed E-state index contributed by atoms with van der Waals surface area (Å²) in [4.78, 5) is 33.7. The molecule has 0 heterocycles. The highest BCUT2D eigenvalue weighted by atomic mass is 35.5. The van der Waals surface area contributed by atoms with Crippen molar-refractivity contribution in [3.05, 3.63) is 67.1 Å². The lowest BCUT2D eigenvalue weighted by molar-refractivity contribution is -0.384. The van der Waals surface area contributed by atoms with Crippen LogP contribution in [0.15, 0.2) is 36.4 Å². The Hall–Kier alpha value is -2.35. The SMILES string of the molecule is O=C(COC(=O)c1ccc([N+](=O)[O-])cc1Cl)Nc1ccc(Cl)cc1Cl. The summed E-state index contributed by atoms with van der Waals surface area (Å²) >= 11 is 17.5. The fourth-order valence-electron chi connectivity index (χ4n) is 1.77. The standard InChI is InChI=1S/C15H9Cl3N2O5/c16-8-1-4-13(12(18)5-8)19-14(21)7-25-15(22)10-3-2-9(20(23)24)6-11(10)17/h1-6H,7H2,(H,19,21). The molecule has 10 heteroatoms. The Labute approximate surface area is 156 Å². The minimum atomic E-state index is -0.891. The maximum atomic E-state index is 11.9. The van der Waals surface area contributed by atoms with E-state index in [1.807, 2.05) is 0 Å². The third kappa shape index (κ3) is 5.06. The monoisotopic (exact) mass is 402 g/mol. The zero-order valence-corrected chi connectivity index (χ0v) is 14.6. The van der Waals surface area contributed by atoms with Gasteiger partial charge in [-0.15, -0.1) is 0 Å². The van der Waals surface area contributed by atoms with Crippen molar-refractivity contribution in [3.63, 3.8) is 0 Å². The molecule has 130 valence electrons. The summed E-state index contributed by atoms with van der Waals surface area (Å²) in [5.41, 5.74) is -0.0539. The lowest BCUT2D eigenvalue weighted by atomic mass is 10.2. The average molecular weight is 404 g/mol. The second-order valence-corrected chi connectivity index (χ2v) is 5.92. The number of carbonyl (C=O) groups excluding carboxylic acids is 2. The Kier molecular flexibility index (Phi) is 6.19. The molecule has 25 heavy (non-hydrogen) atoms. The van der Waals surface area contributed by atoms with Crippen molar-refractivity contribution in [3.8, 4) is 0 Å². The number of esters is 1. The number of nitrogens with zero attached hydrogens (tertiary/aromatic N) is 1. The van der Waals surface area contributed by atoms with Crippen molar-refractivity contribution in [2.75, 3.05) is 11.9 Å². The molecule has 1 amide bonds. The Balaban J connectivity index is 1.97. The van der Waals surface area contributed by atoms with E-state index >= 15 is 0 Å². The second-order valence-electron chi connectivity index (χ2n) is 4.67. The predicted octanol–water partition coefficient (Wildman–Crippen LogP) is 4.35. The van der Waals surface area contributed by atoms with E-state index in [-0.39, 0.29) is 21.3 Å². The summed E-state index contributed by atoms with van der Waals surface area (Å²) in [5.74, 6) is -1.52. The van der Waals surface area contributed by atoms with E-state index in [0.717, 1.165) is 18.2 Å². The maximum Gasteiger partial charge on any atom is 0.340 e. The van der Waals surface area contributed by atoms with Crippen LogP contribution in [0.1, 0.15) is 10.4 Å². The molecule has 0 aliphatic carbocycles. The fraction of sp³-hybridized carbons (Fsp3) is 0.0667. The summed E-state index contributed by atoms with van der Waals surface area (Å²) < 4.78 is 4.83. The third-order valence-electron chi connectivity index (χ3n) is 2.92. The van der Waals surface area contributed by atoms with Gasteiger partial charge in [0.2, 0.25) is 0 Å². The molecule has 0 aliphatic rings. The van der Waals surface area contributed by atoms with Gasteiger partial charge in [-0.1, -0.05) is 34.8 Å². The van der Waals surface area contributed by atoms with Gasteiger partial charge in [-0.25, -0.2) is 4.79 Å². The summed E-state index contributed by atoms with van der Waals surface area (Å²) in [6, 6.07) is 7.75. The number of rotatable bonds is 5. The zero-order valence-electron chi connectivity index (χ0n) is 12.3. The smallest absolute Gasteiger partial charge is 0.340 e. The van der Waals surface area contributed by atoms with Crippen LogP contribution < -0.4 is 5.32 Å². The number of nitrogens with one attached hydrogen (secondary N) is 1. The van der Waals surface area contributed by atoms with Crippen LogP contribution in [0, 0.1) is 10.1 Å². The van der Waals surface area contributed by atoms with Crippen LogP contribution in [0.3, 0.4) is 0 Å². The van der Waals surface area contributed by atoms with Gasteiger partial charge in [0.15, 0.2) is 6.61 Å². The molecule has 0 unspecified atom stereocenters. The first-order valence-corrected chi connectivity index (χ1v) is 7.77. The van der Waals surface area contributed by atoms with Gasteiger partial charge in [0.05, 0.1) is 26.2 Å². The Morgan fingerprint density at radius 1 is 1.08 bits per heavy atom. The molecule has 0 aliphatic heterocycles. The third-order valence-corrected chi connectivity index (χ3v) is 3.78. The highest BCUT2D eigenvalue weighted by molar-refractivity contribution is 6.36. The number of carbonyl (C=O) groups is 2. The average Bonchev–Trinajstić information content (AvgIpc) is 2.55. The molecule has 0 aromatic heterocycles. The van der Waals surface area contributed by atoms with Crippen molar-refractivity contribution in [2.24, 2.45) is 0 Å². The first kappa shape index (κ1) is 19.0. The largest absolute Gasteiger partial charge is 0.452 e. The molecule has 0 fully saturated rings. The lowest BCUT2D eigenvalue weighted by Crippen LogP contribution is -2.21. The van der Waals surface area contributed by atoms with Gasteiger partial charge in [-0.3, -0.25) is 14.9 Å². The van der Waals surface area contributed by atoms with E-state index in [1.54, 1.807) is 0 Å². The lowest BCUT2D eigenvalue weighted by Gasteiger charge is -2.09. The number of hydrogen-bond donors (Lipinski definition) is 1. The summed E-state index contributed by atoms with van der Waals surface area (Å²) in [7, 11) is 0. The minimum absolute atomic E-state index is 0.0930. The van der Waals surface area contributed by atoms with E-state index in [9.17, 15) is 19.7 Å². The van der Waals surface area contributed by atoms with Crippen LogP contribution in [0.2, 0.25) is 15.1 Å². The van der Waals surface area contributed by atoms with E-state index in [2.05, 4.69) is 5.32 Å². The zero-order chi connectivity index (χ0) is 18.6. The van der Waals surface area contributed by atoms with Crippen molar-refractivity contribution >= 4 is 58.1 Å². The number of benzene rings is 2. The molecular formula is C15H9Cl3N2O5. The van der Waals surface area contributed by atoms with E-state index in [1.165, 1.54) is 18.2 Å². The molecule has 2 rings (SSSR count). The number of nitro benzene ring substituents is 1. The molecule has 0 saturated carbocycles. The predicted molar refractivity (Wildman–Crippen MR) is 93.5 cm³/mol. The van der Waals surface area contributed by atoms with E-state index in [4.69, 9.17) is 39.5 Å². The number of hydrogen-bond acceptors (Lipinski definition) is 5. The highest BCUT2D eigenvalue weighted by Crippen LogP contribution is 2.25. The number of halogens is 3. The number of amides is 1.